The van der Waals surface area contributed by atoms with Gasteiger partial charge in [0, 0.05) is 12.8 Å². The fraction of sp³-hybridized carbons (Fsp3) is 0.462. The van der Waals surface area contributed by atoms with Crippen molar-refractivity contribution in [2.45, 2.75) is 25.9 Å². The van der Waals surface area contributed by atoms with E-state index in [1.54, 1.807) is 10.7 Å². The molecule has 6 nitrogen and oxygen atoms in total. The Bertz CT molecular complexity index is 562. The molecule has 2 atom stereocenters. The fourth-order valence-corrected chi connectivity index (χ4v) is 2.35. The van der Waals surface area contributed by atoms with Crippen molar-refractivity contribution in [1.29, 1.82) is 0 Å². The summed E-state index contributed by atoms with van der Waals surface area (Å²) in [5, 5.41) is 6.97. The smallest absolute Gasteiger partial charge is 0.249 e. The van der Waals surface area contributed by atoms with Crippen molar-refractivity contribution in [3.63, 3.8) is 0 Å². The number of carbonyl (C=O) groups excluding carboxylic acids is 1. The Labute approximate surface area is 110 Å². The Morgan fingerprint density at radius 3 is 3.21 bits per heavy atom. The van der Waals surface area contributed by atoms with Crippen LogP contribution in [0.1, 0.15) is 19.8 Å². The van der Waals surface area contributed by atoms with Crippen molar-refractivity contribution >= 4 is 17.5 Å². The molecule has 19 heavy (non-hydrogen) atoms. The summed E-state index contributed by atoms with van der Waals surface area (Å²) >= 11 is 0. The molecule has 0 aromatic carbocycles. The molecule has 0 saturated carbocycles. The number of nitrogens with one attached hydrogen (secondary N) is 1. The normalized spacial score (nSPS) is 23.4. The van der Waals surface area contributed by atoms with Gasteiger partial charge in [-0.1, -0.05) is 6.07 Å². The zero-order valence-corrected chi connectivity index (χ0v) is 10.7. The van der Waals surface area contributed by atoms with Gasteiger partial charge in [-0.15, -0.1) is 5.10 Å². The summed E-state index contributed by atoms with van der Waals surface area (Å²) in [5.74, 6) is 0.150. The second-order valence-electron chi connectivity index (χ2n) is 4.75. The molecule has 0 spiro atoms. The minimum absolute atomic E-state index is 0.0502. The van der Waals surface area contributed by atoms with Crippen molar-refractivity contribution < 1.29 is 9.53 Å². The third kappa shape index (κ3) is 2.44. The van der Waals surface area contributed by atoms with Crippen molar-refractivity contribution in [3.8, 4) is 0 Å². The van der Waals surface area contributed by atoms with E-state index in [0.29, 0.717) is 11.6 Å². The van der Waals surface area contributed by atoms with E-state index in [0.717, 1.165) is 19.4 Å². The van der Waals surface area contributed by atoms with E-state index in [1.165, 1.54) is 0 Å². The summed E-state index contributed by atoms with van der Waals surface area (Å²) in [5.41, 5.74) is 0.714. The highest BCUT2D eigenvalue weighted by atomic mass is 16.5. The number of rotatable bonds is 2. The van der Waals surface area contributed by atoms with Crippen LogP contribution in [0.15, 0.2) is 24.4 Å². The highest BCUT2D eigenvalue weighted by Gasteiger charge is 2.29. The SMILES string of the molecule is CC1OCCCC1C(=O)Nc1nc2ccccn2n1. The number of pyridine rings is 1. The van der Waals surface area contributed by atoms with Crippen molar-refractivity contribution in [2.75, 3.05) is 11.9 Å². The Morgan fingerprint density at radius 2 is 2.42 bits per heavy atom. The molecular weight excluding hydrogens is 244 g/mol. The van der Waals surface area contributed by atoms with Crippen molar-refractivity contribution in [1.82, 2.24) is 14.6 Å². The van der Waals surface area contributed by atoms with Crippen LogP contribution in [0.2, 0.25) is 0 Å². The molecule has 0 radical (unpaired) electrons. The van der Waals surface area contributed by atoms with E-state index in [-0.39, 0.29) is 17.9 Å². The molecule has 1 fully saturated rings. The predicted octanol–water partition coefficient (Wildman–Crippen LogP) is 1.48. The maximum Gasteiger partial charge on any atom is 0.249 e. The number of anilines is 1. The van der Waals surface area contributed by atoms with Gasteiger partial charge in [-0.2, -0.15) is 4.98 Å². The number of hydrogen-bond acceptors (Lipinski definition) is 4. The topological polar surface area (TPSA) is 68.5 Å². The Balaban J connectivity index is 1.75. The van der Waals surface area contributed by atoms with Crippen LogP contribution < -0.4 is 5.32 Å². The predicted molar refractivity (Wildman–Crippen MR) is 69.8 cm³/mol. The standard InChI is InChI=1S/C13H16N4O2/c1-9-10(5-4-8-19-9)12(18)15-13-14-11-6-2-3-7-17(11)16-13/h2-3,6-7,9-10H,4-5,8H2,1H3,(H,15,16,18). The van der Waals surface area contributed by atoms with Gasteiger partial charge in [0.15, 0.2) is 5.65 Å². The Hall–Kier alpha value is -1.95. The highest BCUT2D eigenvalue weighted by Crippen LogP contribution is 2.21. The molecule has 2 aromatic rings. The number of amides is 1. The zero-order valence-electron chi connectivity index (χ0n) is 10.7. The second-order valence-corrected chi connectivity index (χ2v) is 4.75. The quantitative estimate of drug-likeness (QED) is 0.888. The van der Waals surface area contributed by atoms with E-state index >= 15 is 0 Å². The maximum absolute atomic E-state index is 12.2. The molecule has 1 aliphatic heterocycles. The lowest BCUT2D eigenvalue weighted by atomic mass is 9.94. The molecule has 1 N–H and O–H groups in total. The molecule has 2 aromatic heterocycles. The second kappa shape index (κ2) is 4.97. The number of nitrogens with zero attached hydrogens (tertiary/aromatic N) is 3. The average molecular weight is 260 g/mol. The number of ether oxygens (including phenoxy) is 1. The van der Waals surface area contributed by atoms with Gasteiger partial charge in [-0.25, -0.2) is 4.52 Å². The maximum atomic E-state index is 12.2. The third-order valence-electron chi connectivity index (χ3n) is 3.42. The number of aromatic nitrogens is 3. The summed E-state index contributed by atoms with van der Waals surface area (Å²) in [6.07, 6.45) is 3.51. The average Bonchev–Trinajstić information content (AvgIpc) is 2.81. The Kier molecular flexibility index (Phi) is 3.16. The van der Waals surface area contributed by atoms with Crippen LogP contribution in [0.5, 0.6) is 0 Å². The van der Waals surface area contributed by atoms with Gasteiger partial charge >= 0.3 is 0 Å². The summed E-state index contributed by atoms with van der Waals surface area (Å²) in [4.78, 5) is 16.4. The van der Waals surface area contributed by atoms with E-state index in [2.05, 4.69) is 15.4 Å². The first kappa shape index (κ1) is 12.1. The molecular formula is C13H16N4O2. The molecule has 3 rings (SSSR count). The molecule has 6 heteroatoms. The monoisotopic (exact) mass is 260 g/mol. The van der Waals surface area contributed by atoms with Crippen LogP contribution in [0.4, 0.5) is 5.95 Å². The first-order valence-electron chi connectivity index (χ1n) is 6.48. The van der Waals surface area contributed by atoms with Crippen LogP contribution >= 0.6 is 0 Å². The molecule has 1 aliphatic rings. The molecule has 1 saturated heterocycles. The Morgan fingerprint density at radius 1 is 1.53 bits per heavy atom. The van der Waals surface area contributed by atoms with Gasteiger partial charge in [-0.3, -0.25) is 10.1 Å². The zero-order chi connectivity index (χ0) is 13.2. The number of hydrogen-bond donors (Lipinski definition) is 1. The molecule has 100 valence electrons. The van der Waals surface area contributed by atoms with Gasteiger partial charge in [0.05, 0.1) is 12.0 Å². The van der Waals surface area contributed by atoms with Crippen molar-refractivity contribution in [3.05, 3.63) is 24.4 Å². The van der Waals surface area contributed by atoms with E-state index in [1.807, 2.05) is 25.1 Å². The van der Waals surface area contributed by atoms with Gasteiger partial charge in [-0.05, 0) is 31.9 Å². The lowest BCUT2D eigenvalue weighted by Crippen LogP contribution is -2.36. The summed E-state index contributed by atoms with van der Waals surface area (Å²) in [6.45, 7) is 2.66. The van der Waals surface area contributed by atoms with Crippen LogP contribution in [-0.4, -0.2) is 33.2 Å². The van der Waals surface area contributed by atoms with E-state index < -0.39 is 0 Å². The van der Waals surface area contributed by atoms with Gasteiger partial charge < -0.3 is 4.74 Å². The van der Waals surface area contributed by atoms with Crippen LogP contribution in [0.3, 0.4) is 0 Å². The summed E-state index contributed by atoms with van der Waals surface area (Å²) in [7, 11) is 0. The van der Waals surface area contributed by atoms with E-state index in [9.17, 15) is 4.79 Å². The van der Waals surface area contributed by atoms with Gasteiger partial charge in [0.25, 0.3) is 0 Å². The van der Waals surface area contributed by atoms with Gasteiger partial charge in [0.2, 0.25) is 11.9 Å². The minimum Gasteiger partial charge on any atom is -0.378 e. The largest absolute Gasteiger partial charge is 0.378 e. The highest BCUT2D eigenvalue weighted by molar-refractivity contribution is 5.91. The summed E-state index contributed by atoms with van der Waals surface area (Å²) < 4.78 is 7.14. The first-order chi connectivity index (χ1) is 9.24. The van der Waals surface area contributed by atoms with Crippen LogP contribution in [0.25, 0.3) is 5.65 Å². The molecule has 2 unspecified atom stereocenters. The van der Waals surface area contributed by atoms with Gasteiger partial charge in [0.1, 0.15) is 0 Å². The van der Waals surface area contributed by atoms with Crippen molar-refractivity contribution in [2.24, 2.45) is 5.92 Å². The number of fused-ring (bicyclic) bond motifs is 1. The van der Waals surface area contributed by atoms with Crippen LogP contribution in [-0.2, 0) is 9.53 Å². The minimum atomic E-state index is -0.125. The fourth-order valence-electron chi connectivity index (χ4n) is 2.35. The molecule has 0 aliphatic carbocycles. The molecule has 0 bridgehead atoms. The third-order valence-corrected chi connectivity index (χ3v) is 3.42. The summed E-state index contributed by atoms with van der Waals surface area (Å²) in [6, 6.07) is 5.59. The number of carbonyl (C=O) groups is 1. The lowest BCUT2D eigenvalue weighted by molar-refractivity contribution is -0.127. The van der Waals surface area contributed by atoms with Crippen LogP contribution in [0, 0.1) is 5.92 Å². The molecule has 1 amide bonds. The lowest BCUT2D eigenvalue weighted by Gasteiger charge is -2.27. The van der Waals surface area contributed by atoms with E-state index in [4.69, 9.17) is 4.74 Å². The molecule has 3 heterocycles. The first-order valence-corrected chi connectivity index (χ1v) is 6.48.